The van der Waals surface area contributed by atoms with Crippen LogP contribution in [0.3, 0.4) is 0 Å². The number of aromatic nitrogens is 1. The number of carbonyl (C=O) groups excluding carboxylic acids is 2. The maximum Gasteiger partial charge on any atom is 0.295 e. The Bertz CT molecular complexity index is 1550. The lowest BCUT2D eigenvalue weighted by molar-refractivity contribution is -0.140. The maximum absolute atomic E-state index is 13.6. The first kappa shape index (κ1) is 34.3. The van der Waals surface area contributed by atoms with Crippen LogP contribution in [0, 0.1) is 18.8 Å². The Morgan fingerprint density at radius 3 is 2.38 bits per heavy atom. The number of benzene rings is 2. The van der Waals surface area contributed by atoms with E-state index in [1.807, 2.05) is 13.0 Å². The van der Waals surface area contributed by atoms with E-state index >= 15 is 0 Å². The Morgan fingerprint density at radius 1 is 0.979 bits per heavy atom. The molecule has 250 valence electrons. The molecule has 2 atom stereocenters. The summed E-state index contributed by atoms with van der Waals surface area (Å²) in [5.41, 5.74) is 4.51. The van der Waals surface area contributed by atoms with Gasteiger partial charge in [0.2, 0.25) is 0 Å². The van der Waals surface area contributed by atoms with E-state index in [-0.39, 0.29) is 11.3 Å². The summed E-state index contributed by atoms with van der Waals surface area (Å²) in [6.45, 7) is 14.7. The maximum atomic E-state index is 13.6. The average Bonchev–Trinajstić information content (AvgIpc) is 3.30. The predicted octanol–water partition coefficient (Wildman–Crippen LogP) is 6.73. The Balaban J connectivity index is 1.33. The molecule has 0 aliphatic carbocycles. The number of morpholine rings is 1. The molecule has 2 saturated heterocycles. The first-order chi connectivity index (χ1) is 22.6. The minimum atomic E-state index is -0.705. The topological polar surface area (TPSA) is 92.2 Å². The third kappa shape index (κ3) is 8.48. The van der Waals surface area contributed by atoms with Gasteiger partial charge in [0.25, 0.3) is 11.7 Å². The Labute approximate surface area is 279 Å². The largest absolute Gasteiger partial charge is 0.507 e. The molecule has 2 aromatic carbocycles. The van der Waals surface area contributed by atoms with Crippen molar-refractivity contribution in [3.8, 4) is 5.75 Å². The molecule has 8 heteroatoms. The number of ketones is 1. The Hall–Kier alpha value is -4.01. The van der Waals surface area contributed by atoms with Crippen LogP contribution in [0.2, 0.25) is 0 Å². The summed E-state index contributed by atoms with van der Waals surface area (Å²) < 4.78 is 11.9. The van der Waals surface area contributed by atoms with Crippen molar-refractivity contribution in [3.63, 3.8) is 0 Å². The average molecular weight is 640 g/mol. The van der Waals surface area contributed by atoms with Crippen molar-refractivity contribution in [1.29, 1.82) is 0 Å². The van der Waals surface area contributed by atoms with Crippen molar-refractivity contribution in [3.05, 3.63) is 100 Å². The number of carbonyl (C=O) groups is 2. The molecule has 47 heavy (non-hydrogen) atoms. The molecule has 3 aromatic rings. The molecule has 0 saturated carbocycles. The van der Waals surface area contributed by atoms with E-state index < -0.39 is 17.7 Å². The lowest BCUT2D eigenvalue weighted by atomic mass is 9.95. The number of nitrogens with zero attached hydrogens (tertiary/aromatic N) is 3. The van der Waals surface area contributed by atoms with Gasteiger partial charge in [0.05, 0.1) is 24.8 Å². The molecule has 1 amide bonds. The SMILES string of the molecule is Cc1cc(C(O)=C2C(=O)C(=O)N(CCCN3CCOCC3CC(C)C)C2c2ccncc2)ccc1OCc1ccc(CC(C)C)cc1. The van der Waals surface area contributed by atoms with Gasteiger partial charge in [0.1, 0.15) is 18.1 Å². The van der Waals surface area contributed by atoms with Gasteiger partial charge in [-0.15, -0.1) is 0 Å². The summed E-state index contributed by atoms with van der Waals surface area (Å²) in [5.74, 6) is 0.404. The second kappa shape index (κ2) is 15.7. The standard InChI is InChI=1S/C39H49N3O5/c1-26(2)21-29-7-9-30(10-8-29)24-47-34-12-11-32(23-28(34)5)37(43)35-36(31-13-15-40-16-14-31)42(39(45)38(35)44)18-6-17-41-19-20-46-25-33(41)22-27(3)4/h7-16,23,26-27,33,36,43H,6,17-22,24-25H2,1-5H3. The third-order valence-electron chi connectivity index (χ3n) is 9.01. The molecule has 1 aromatic heterocycles. The highest BCUT2D eigenvalue weighted by atomic mass is 16.5. The second-order valence-corrected chi connectivity index (χ2v) is 13.7. The van der Waals surface area contributed by atoms with Gasteiger partial charge in [-0.05, 0) is 90.6 Å². The Kier molecular flexibility index (Phi) is 11.5. The number of aliphatic hydroxyl groups excluding tert-OH is 1. The summed E-state index contributed by atoms with van der Waals surface area (Å²) in [6.07, 6.45) is 6.09. The number of hydrogen-bond acceptors (Lipinski definition) is 7. The van der Waals surface area contributed by atoms with E-state index in [0.717, 1.165) is 42.6 Å². The molecule has 0 bridgehead atoms. The summed E-state index contributed by atoms with van der Waals surface area (Å²) in [5, 5.41) is 11.6. The van der Waals surface area contributed by atoms with Crippen LogP contribution in [-0.4, -0.2) is 70.5 Å². The zero-order valence-electron chi connectivity index (χ0n) is 28.4. The lowest BCUT2D eigenvalue weighted by Gasteiger charge is -2.37. The van der Waals surface area contributed by atoms with Crippen LogP contribution >= 0.6 is 0 Å². The van der Waals surface area contributed by atoms with Crippen molar-refractivity contribution < 1.29 is 24.2 Å². The molecule has 8 nitrogen and oxygen atoms in total. The highest BCUT2D eigenvalue weighted by molar-refractivity contribution is 6.46. The van der Waals surface area contributed by atoms with Gasteiger partial charge in [0, 0.05) is 43.6 Å². The first-order valence-electron chi connectivity index (χ1n) is 16.9. The van der Waals surface area contributed by atoms with Gasteiger partial charge in [-0.3, -0.25) is 19.5 Å². The molecule has 0 radical (unpaired) electrons. The number of aliphatic hydroxyl groups is 1. The molecule has 1 N–H and O–H groups in total. The van der Waals surface area contributed by atoms with E-state index in [0.29, 0.717) is 62.0 Å². The van der Waals surface area contributed by atoms with E-state index in [9.17, 15) is 14.7 Å². The van der Waals surface area contributed by atoms with Gasteiger partial charge in [-0.2, -0.15) is 0 Å². The second-order valence-electron chi connectivity index (χ2n) is 13.7. The van der Waals surface area contributed by atoms with Crippen molar-refractivity contribution in [2.45, 2.75) is 72.6 Å². The van der Waals surface area contributed by atoms with Gasteiger partial charge < -0.3 is 19.5 Å². The number of pyridine rings is 1. The zero-order chi connectivity index (χ0) is 33.5. The van der Waals surface area contributed by atoms with Crippen LogP contribution in [0.5, 0.6) is 5.75 Å². The van der Waals surface area contributed by atoms with Crippen molar-refractivity contribution in [2.24, 2.45) is 11.8 Å². The minimum Gasteiger partial charge on any atom is -0.507 e. The van der Waals surface area contributed by atoms with Gasteiger partial charge >= 0.3 is 0 Å². The van der Waals surface area contributed by atoms with E-state index in [1.165, 1.54) is 5.56 Å². The van der Waals surface area contributed by atoms with Crippen molar-refractivity contribution in [1.82, 2.24) is 14.8 Å². The zero-order valence-corrected chi connectivity index (χ0v) is 28.4. The number of hydrogen-bond donors (Lipinski definition) is 1. The van der Waals surface area contributed by atoms with Crippen molar-refractivity contribution in [2.75, 3.05) is 32.8 Å². The molecule has 0 spiro atoms. The van der Waals surface area contributed by atoms with Gasteiger partial charge in [-0.25, -0.2) is 0 Å². The minimum absolute atomic E-state index is 0.0970. The quantitative estimate of drug-likeness (QED) is 0.126. The van der Waals surface area contributed by atoms with E-state index in [1.54, 1.807) is 41.6 Å². The number of ether oxygens (including phenoxy) is 2. The summed E-state index contributed by atoms with van der Waals surface area (Å²) in [4.78, 5) is 35.3. The number of likely N-dealkylation sites (tertiary alicyclic amines) is 1. The van der Waals surface area contributed by atoms with Crippen LogP contribution < -0.4 is 4.74 Å². The lowest BCUT2D eigenvalue weighted by Crippen LogP contribution is -2.47. The molecule has 5 rings (SSSR count). The Morgan fingerprint density at radius 2 is 1.70 bits per heavy atom. The summed E-state index contributed by atoms with van der Waals surface area (Å²) >= 11 is 0. The number of rotatable bonds is 13. The monoisotopic (exact) mass is 639 g/mol. The van der Waals surface area contributed by atoms with E-state index in [4.69, 9.17) is 9.47 Å². The molecule has 2 aliphatic heterocycles. The highest BCUT2D eigenvalue weighted by Crippen LogP contribution is 2.40. The molecule has 2 unspecified atom stereocenters. The number of Topliss-reactive ketones (excluding diaryl/α,β-unsaturated/α-hetero) is 1. The molecular formula is C39H49N3O5. The third-order valence-corrected chi connectivity index (χ3v) is 9.01. The number of aryl methyl sites for hydroxylation is 1. The van der Waals surface area contributed by atoms with Crippen LogP contribution in [0.1, 0.15) is 74.4 Å². The first-order valence-corrected chi connectivity index (χ1v) is 16.9. The van der Waals surface area contributed by atoms with Gasteiger partial charge in [-0.1, -0.05) is 52.0 Å². The normalized spacial score (nSPS) is 20.0. The van der Waals surface area contributed by atoms with Crippen LogP contribution in [0.25, 0.3) is 5.76 Å². The summed E-state index contributed by atoms with van der Waals surface area (Å²) in [6, 6.07) is 17.1. The van der Waals surface area contributed by atoms with Gasteiger partial charge in [0.15, 0.2) is 0 Å². The number of amides is 1. The van der Waals surface area contributed by atoms with Crippen LogP contribution in [-0.2, 0) is 27.4 Å². The fourth-order valence-electron chi connectivity index (χ4n) is 6.71. The summed E-state index contributed by atoms with van der Waals surface area (Å²) in [7, 11) is 0. The van der Waals surface area contributed by atoms with Crippen molar-refractivity contribution >= 4 is 17.4 Å². The predicted molar refractivity (Wildman–Crippen MR) is 184 cm³/mol. The molecular weight excluding hydrogens is 590 g/mol. The van der Waals surface area contributed by atoms with Crippen LogP contribution in [0.4, 0.5) is 0 Å². The smallest absolute Gasteiger partial charge is 0.295 e. The van der Waals surface area contributed by atoms with E-state index in [2.05, 4.69) is 61.8 Å². The molecule has 2 aliphatic rings. The molecule has 2 fully saturated rings. The van der Waals surface area contributed by atoms with Crippen LogP contribution in [0.15, 0.2) is 72.6 Å². The molecule has 3 heterocycles. The highest BCUT2D eigenvalue weighted by Gasteiger charge is 2.46. The fourth-order valence-corrected chi connectivity index (χ4v) is 6.71. The fraction of sp³-hybridized carbons (Fsp3) is 0.462.